The summed E-state index contributed by atoms with van der Waals surface area (Å²) in [7, 11) is 2.82. The van der Waals surface area contributed by atoms with Gasteiger partial charge in [0.15, 0.2) is 22.8 Å². The number of phenols is 1. The topological polar surface area (TPSA) is 163 Å². The van der Waals surface area contributed by atoms with E-state index in [0.717, 1.165) is 10.7 Å². The summed E-state index contributed by atoms with van der Waals surface area (Å²) in [5.74, 6) is -1.17. The molecule has 0 aliphatic carbocycles. The van der Waals surface area contributed by atoms with E-state index in [-0.39, 0.29) is 22.8 Å². The molecule has 0 aliphatic heterocycles. The molecule has 12 heteroatoms. The van der Waals surface area contributed by atoms with Gasteiger partial charge in [0.1, 0.15) is 6.33 Å². The SMILES string of the molecule is CNC(=O)c1ncn2c(=O)c(C(=O)N/N=C/c3ccc(O)c(OC)c3)n[nH]c12. The highest BCUT2D eigenvalue weighted by Crippen LogP contribution is 2.25. The van der Waals surface area contributed by atoms with Gasteiger partial charge in [-0.2, -0.15) is 10.2 Å². The Bertz CT molecular complexity index is 1150. The van der Waals surface area contributed by atoms with E-state index in [9.17, 15) is 19.5 Å². The Morgan fingerprint density at radius 2 is 2.11 bits per heavy atom. The smallest absolute Gasteiger partial charge is 0.297 e. The third-order valence-corrected chi connectivity index (χ3v) is 3.70. The highest BCUT2D eigenvalue weighted by molar-refractivity contribution is 5.98. The standard InChI is InChI=1S/C16H15N7O5/c1-17-14(25)11-13-21-20-12(16(27)23(13)7-18-11)15(26)22-19-6-8-3-4-9(24)10(5-8)28-2/h3-7,21,24H,1-2H3,(H,17,25)(H,22,26)/b19-6+. The van der Waals surface area contributed by atoms with Gasteiger partial charge < -0.3 is 15.2 Å². The highest BCUT2D eigenvalue weighted by atomic mass is 16.5. The van der Waals surface area contributed by atoms with Crippen LogP contribution < -0.4 is 21.0 Å². The van der Waals surface area contributed by atoms with Crippen molar-refractivity contribution in [1.82, 2.24) is 30.3 Å². The van der Waals surface area contributed by atoms with E-state index in [4.69, 9.17) is 4.74 Å². The molecule has 2 aromatic heterocycles. The number of phenolic OH excluding ortho intramolecular Hbond substituents is 1. The molecule has 0 radical (unpaired) electrons. The molecular weight excluding hydrogens is 370 g/mol. The number of nitrogens with zero attached hydrogens (tertiary/aromatic N) is 4. The molecule has 2 amide bonds. The molecule has 2 heterocycles. The molecule has 0 atom stereocenters. The minimum absolute atomic E-state index is 0.0293. The van der Waals surface area contributed by atoms with Crippen LogP contribution in [0.5, 0.6) is 11.5 Å². The van der Waals surface area contributed by atoms with Crippen molar-refractivity contribution in [2.24, 2.45) is 5.10 Å². The number of rotatable bonds is 5. The first-order chi connectivity index (χ1) is 13.5. The Morgan fingerprint density at radius 1 is 1.32 bits per heavy atom. The molecule has 0 saturated heterocycles. The largest absolute Gasteiger partial charge is 0.504 e. The molecule has 1 aromatic carbocycles. The quantitative estimate of drug-likeness (QED) is 0.332. The lowest BCUT2D eigenvalue weighted by Crippen LogP contribution is -2.31. The Kier molecular flexibility index (Phi) is 5.02. The fourth-order valence-electron chi connectivity index (χ4n) is 2.31. The van der Waals surface area contributed by atoms with Gasteiger partial charge in [0, 0.05) is 7.05 Å². The predicted molar refractivity (Wildman–Crippen MR) is 96.7 cm³/mol. The normalized spacial score (nSPS) is 10.9. The van der Waals surface area contributed by atoms with Crippen LogP contribution >= 0.6 is 0 Å². The summed E-state index contributed by atoms with van der Waals surface area (Å²) in [6, 6.07) is 4.47. The van der Waals surface area contributed by atoms with E-state index < -0.39 is 23.1 Å². The Balaban J connectivity index is 1.81. The van der Waals surface area contributed by atoms with Crippen molar-refractivity contribution < 1.29 is 19.4 Å². The molecule has 3 aromatic rings. The van der Waals surface area contributed by atoms with Gasteiger partial charge in [-0.25, -0.2) is 14.8 Å². The number of carbonyl (C=O) groups excluding carboxylic acids is 2. The second-order valence-corrected chi connectivity index (χ2v) is 5.40. The summed E-state index contributed by atoms with van der Waals surface area (Å²) < 4.78 is 5.98. The average molecular weight is 385 g/mol. The van der Waals surface area contributed by atoms with Crippen LogP contribution in [-0.4, -0.2) is 56.9 Å². The number of nitrogens with one attached hydrogen (secondary N) is 3. The third kappa shape index (κ3) is 3.38. The summed E-state index contributed by atoms with van der Waals surface area (Å²) in [5, 5.41) is 21.8. The average Bonchev–Trinajstić information content (AvgIpc) is 3.13. The molecule has 0 spiro atoms. The fraction of sp³-hybridized carbons (Fsp3) is 0.125. The molecule has 0 fully saturated rings. The number of hydrogen-bond acceptors (Lipinski definition) is 8. The molecule has 12 nitrogen and oxygen atoms in total. The third-order valence-electron chi connectivity index (χ3n) is 3.70. The zero-order valence-corrected chi connectivity index (χ0v) is 14.8. The molecule has 0 saturated carbocycles. The lowest BCUT2D eigenvalue weighted by atomic mass is 10.2. The van der Waals surface area contributed by atoms with Crippen LogP contribution in [-0.2, 0) is 0 Å². The Labute approximate surface area is 156 Å². The number of methoxy groups -OCH3 is 1. The van der Waals surface area contributed by atoms with E-state index in [1.807, 2.05) is 0 Å². The van der Waals surface area contributed by atoms with Crippen molar-refractivity contribution in [3.63, 3.8) is 0 Å². The minimum atomic E-state index is -0.861. The maximum Gasteiger partial charge on any atom is 0.297 e. The maximum absolute atomic E-state index is 12.4. The molecule has 0 unspecified atom stereocenters. The monoisotopic (exact) mass is 385 g/mol. The number of ether oxygens (including phenoxy) is 1. The summed E-state index contributed by atoms with van der Waals surface area (Å²) in [5.41, 5.74) is 1.51. The summed E-state index contributed by atoms with van der Waals surface area (Å²) in [6.07, 6.45) is 2.41. The van der Waals surface area contributed by atoms with E-state index in [2.05, 4.69) is 31.0 Å². The van der Waals surface area contributed by atoms with Crippen molar-refractivity contribution >= 4 is 23.7 Å². The second-order valence-electron chi connectivity index (χ2n) is 5.40. The van der Waals surface area contributed by atoms with Gasteiger partial charge in [-0.3, -0.25) is 19.5 Å². The van der Waals surface area contributed by atoms with Gasteiger partial charge in [-0.1, -0.05) is 0 Å². The lowest BCUT2D eigenvalue weighted by molar-refractivity contribution is 0.0944. The van der Waals surface area contributed by atoms with Crippen LogP contribution in [0.25, 0.3) is 5.65 Å². The number of aromatic nitrogens is 4. The van der Waals surface area contributed by atoms with E-state index in [1.165, 1.54) is 32.5 Å². The highest BCUT2D eigenvalue weighted by Gasteiger charge is 2.19. The maximum atomic E-state index is 12.4. The zero-order chi connectivity index (χ0) is 20.3. The molecule has 144 valence electrons. The molecular formula is C16H15N7O5. The number of benzene rings is 1. The number of fused-ring (bicyclic) bond motifs is 1. The predicted octanol–water partition coefficient (Wildman–Crippen LogP) is -0.745. The Morgan fingerprint density at radius 3 is 2.82 bits per heavy atom. The first kappa shape index (κ1) is 18.6. The van der Waals surface area contributed by atoms with Crippen LogP contribution in [0.1, 0.15) is 26.5 Å². The van der Waals surface area contributed by atoms with E-state index in [0.29, 0.717) is 5.56 Å². The number of hydrogen-bond donors (Lipinski definition) is 4. The van der Waals surface area contributed by atoms with Gasteiger partial charge in [0.05, 0.1) is 13.3 Å². The van der Waals surface area contributed by atoms with Crippen LogP contribution in [0.15, 0.2) is 34.4 Å². The van der Waals surface area contributed by atoms with Gasteiger partial charge >= 0.3 is 0 Å². The van der Waals surface area contributed by atoms with Crippen LogP contribution in [0.2, 0.25) is 0 Å². The van der Waals surface area contributed by atoms with Gasteiger partial charge in [-0.05, 0) is 23.8 Å². The Hall–Kier alpha value is -4.22. The molecule has 0 aliphatic rings. The van der Waals surface area contributed by atoms with Crippen molar-refractivity contribution in [2.75, 3.05) is 14.2 Å². The summed E-state index contributed by atoms with van der Waals surface area (Å²) in [4.78, 5) is 40.1. The van der Waals surface area contributed by atoms with Gasteiger partial charge in [0.25, 0.3) is 17.4 Å². The van der Waals surface area contributed by atoms with Crippen LogP contribution in [0, 0.1) is 0 Å². The fourth-order valence-corrected chi connectivity index (χ4v) is 2.31. The van der Waals surface area contributed by atoms with Crippen molar-refractivity contribution in [1.29, 1.82) is 0 Å². The minimum Gasteiger partial charge on any atom is -0.504 e. The van der Waals surface area contributed by atoms with Crippen LogP contribution in [0.4, 0.5) is 0 Å². The number of carbonyl (C=O) groups is 2. The van der Waals surface area contributed by atoms with Crippen molar-refractivity contribution in [3.8, 4) is 11.5 Å². The first-order valence-corrected chi connectivity index (χ1v) is 7.84. The molecule has 28 heavy (non-hydrogen) atoms. The van der Waals surface area contributed by atoms with Crippen LogP contribution in [0.3, 0.4) is 0 Å². The lowest BCUT2D eigenvalue weighted by Gasteiger charge is -2.03. The molecule has 4 N–H and O–H groups in total. The van der Waals surface area contributed by atoms with Crippen molar-refractivity contribution in [3.05, 3.63) is 51.8 Å². The second kappa shape index (κ2) is 7.57. The first-order valence-electron chi connectivity index (χ1n) is 7.84. The molecule has 3 rings (SSSR count). The van der Waals surface area contributed by atoms with Gasteiger partial charge in [0.2, 0.25) is 5.69 Å². The number of hydrazone groups is 1. The number of amides is 2. The number of aromatic hydroxyl groups is 1. The summed E-state index contributed by atoms with van der Waals surface area (Å²) >= 11 is 0. The number of H-pyrrole nitrogens is 1. The van der Waals surface area contributed by atoms with Crippen molar-refractivity contribution in [2.45, 2.75) is 0 Å². The zero-order valence-electron chi connectivity index (χ0n) is 14.8. The van der Waals surface area contributed by atoms with E-state index >= 15 is 0 Å². The number of imidazole rings is 1. The van der Waals surface area contributed by atoms with Gasteiger partial charge in [-0.15, -0.1) is 0 Å². The number of aromatic amines is 1. The van der Waals surface area contributed by atoms with E-state index in [1.54, 1.807) is 6.07 Å². The summed E-state index contributed by atoms with van der Waals surface area (Å²) in [6.45, 7) is 0. The molecule has 0 bridgehead atoms.